The molecule has 0 bridgehead atoms. The highest BCUT2D eigenvalue weighted by Gasteiger charge is 2.70. The van der Waals surface area contributed by atoms with Crippen molar-refractivity contribution in [1.29, 1.82) is 0 Å². The van der Waals surface area contributed by atoms with Crippen LogP contribution < -0.4 is 5.32 Å². The van der Waals surface area contributed by atoms with Crippen LogP contribution in [0.2, 0.25) is 0 Å². The number of ether oxygens (including phenoxy) is 2. The first-order valence-corrected chi connectivity index (χ1v) is 19.8. The fraction of sp³-hybridized carbons (Fsp3) is 0.929. The summed E-state index contributed by atoms with van der Waals surface area (Å²) in [5, 5.41) is 14.7. The number of likely N-dealkylation sites (N-methyl/N-ethyl adjacent to an activating group) is 1. The van der Waals surface area contributed by atoms with Crippen LogP contribution in [0.5, 0.6) is 0 Å². The quantitative estimate of drug-likeness (QED) is 0.182. The lowest BCUT2D eigenvalue weighted by Gasteiger charge is -2.70. The van der Waals surface area contributed by atoms with Gasteiger partial charge in [-0.05, 0) is 122 Å². The van der Waals surface area contributed by atoms with Crippen molar-refractivity contribution in [2.45, 2.75) is 171 Å². The van der Waals surface area contributed by atoms with Gasteiger partial charge >= 0.3 is 5.97 Å². The fourth-order valence-corrected chi connectivity index (χ4v) is 13.0. The molecule has 0 heterocycles. The first kappa shape index (κ1) is 38.9. The zero-order valence-electron chi connectivity index (χ0n) is 33.0. The number of carboxylic acids is 1. The van der Waals surface area contributed by atoms with E-state index in [1.54, 1.807) is 5.57 Å². The molecule has 5 heteroatoms. The molecule has 4 rings (SSSR count). The minimum Gasteiger partial charge on any atom is -0.481 e. The monoisotopic (exact) mass is 658 g/mol. The molecule has 0 amide bonds. The molecule has 3 fully saturated rings. The highest BCUT2D eigenvalue weighted by Crippen LogP contribution is 2.75. The zero-order valence-corrected chi connectivity index (χ0v) is 33.0. The van der Waals surface area contributed by atoms with Crippen LogP contribution in [-0.2, 0) is 14.3 Å². The summed E-state index contributed by atoms with van der Waals surface area (Å²) in [7, 11) is 4.02. The van der Waals surface area contributed by atoms with E-state index in [-0.39, 0.29) is 50.7 Å². The van der Waals surface area contributed by atoms with E-state index >= 15 is 0 Å². The van der Waals surface area contributed by atoms with Crippen LogP contribution in [0.1, 0.15) is 153 Å². The van der Waals surface area contributed by atoms with Gasteiger partial charge in [-0.1, -0.05) is 101 Å². The highest BCUT2D eigenvalue weighted by molar-refractivity contribution is 5.73. The number of hydrogen-bond donors (Lipinski definition) is 2. The Morgan fingerprint density at radius 1 is 1.00 bits per heavy atom. The number of methoxy groups -OCH3 is 1. The summed E-state index contributed by atoms with van der Waals surface area (Å²) in [6.45, 7) is 26.7. The van der Waals surface area contributed by atoms with Gasteiger partial charge in [0, 0.05) is 12.6 Å². The van der Waals surface area contributed by atoms with E-state index in [1.165, 1.54) is 6.42 Å². The molecular weight excluding hydrogens is 582 g/mol. The van der Waals surface area contributed by atoms with Crippen LogP contribution >= 0.6 is 0 Å². The first-order valence-electron chi connectivity index (χ1n) is 19.8. The Kier molecular flexibility index (Phi) is 11.6. The lowest BCUT2D eigenvalue weighted by Crippen LogP contribution is -2.67. The predicted molar refractivity (Wildman–Crippen MR) is 195 cm³/mol. The number of carboxylic acid groups (broad SMARTS) is 1. The molecular formula is C42H75NO4. The van der Waals surface area contributed by atoms with E-state index in [0.717, 1.165) is 77.2 Å². The molecule has 11 atom stereocenters. The number of hydrogen-bond acceptors (Lipinski definition) is 4. The van der Waals surface area contributed by atoms with Gasteiger partial charge in [-0.15, -0.1) is 0 Å². The van der Waals surface area contributed by atoms with Crippen molar-refractivity contribution < 1.29 is 19.4 Å². The molecule has 0 aromatic carbocycles. The van der Waals surface area contributed by atoms with Crippen molar-refractivity contribution in [3.05, 3.63) is 11.6 Å². The van der Waals surface area contributed by atoms with E-state index in [2.05, 4.69) is 94.6 Å². The average molecular weight is 658 g/mol. The van der Waals surface area contributed by atoms with Crippen molar-refractivity contribution in [3.63, 3.8) is 0 Å². The molecule has 0 aromatic rings. The Labute approximate surface area is 290 Å². The Morgan fingerprint density at radius 2 is 1.64 bits per heavy atom. The Morgan fingerprint density at radius 3 is 2.13 bits per heavy atom. The highest BCUT2D eigenvalue weighted by atomic mass is 16.5. The van der Waals surface area contributed by atoms with Crippen LogP contribution in [-0.4, -0.2) is 49.6 Å². The molecule has 4 aliphatic rings. The number of nitrogens with one attached hydrogen (secondary N) is 1. The maximum Gasteiger partial charge on any atom is 0.307 e. The zero-order chi connectivity index (χ0) is 35.2. The predicted octanol–water partition coefficient (Wildman–Crippen LogP) is 10.3. The van der Waals surface area contributed by atoms with Crippen molar-refractivity contribution in [1.82, 2.24) is 5.32 Å². The molecule has 1 unspecified atom stereocenters. The summed E-state index contributed by atoms with van der Waals surface area (Å²) in [5.41, 5.74) is 1.15. The van der Waals surface area contributed by atoms with Crippen LogP contribution in [0.25, 0.3) is 0 Å². The van der Waals surface area contributed by atoms with E-state index in [0.29, 0.717) is 23.7 Å². The Hall–Kier alpha value is -0.910. The maximum atomic E-state index is 13.4. The molecule has 0 aliphatic heterocycles. The van der Waals surface area contributed by atoms with Crippen molar-refractivity contribution in [2.75, 3.05) is 20.8 Å². The van der Waals surface area contributed by atoms with Gasteiger partial charge in [0.1, 0.15) is 0 Å². The SMILES string of the molecule is CCCC(CCC)(CO[C@H]1[C@H](OC)C[C@]2(CC)C3=CC[C@@]4(C)[C@H](C(=O)O)[C@@](C)([C@H](C)C(C)C)CC[C@]4(C)[C@H]3CC[C@H]2C1(C)CC)NC. The molecule has 4 aliphatic carbocycles. The summed E-state index contributed by atoms with van der Waals surface area (Å²) in [6, 6.07) is 0. The lowest BCUT2D eigenvalue weighted by atomic mass is 9.34. The maximum absolute atomic E-state index is 13.4. The molecule has 272 valence electrons. The normalized spacial score (nSPS) is 42.7. The van der Waals surface area contributed by atoms with E-state index in [1.807, 2.05) is 7.11 Å². The number of fused-ring (bicyclic) bond motifs is 5. The van der Waals surface area contributed by atoms with Crippen LogP contribution in [0.3, 0.4) is 0 Å². The third-order valence-electron chi connectivity index (χ3n) is 16.5. The molecule has 2 N–H and O–H groups in total. The van der Waals surface area contributed by atoms with Gasteiger partial charge in [0.15, 0.2) is 0 Å². The molecule has 5 nitrogen and oxygen atoms in total. The van der Waals surface area contributed by atoms with Gasteiger partial charge in [-0.25, -0.2) is 0 Å². The minimum absolute atomic E-state index is 0.00156. The molecule has 0 saturated heterocycles. The van der Waals surface area contributed by atoms with Gasteiger partial charge in [0.25, 0.3) is 0 Å². The van der Waals surface area contributed by atoms with Gasteiger partial charge in [0.05, 0.1) is 24.7 Å². The van der Waals surface area contributed by atoms with Gasteiger partial charge in [0.2, 0.25) is 0 Å². The summed E-state index contributed by atoms with van der Waals surface area (Å²) >= 11 is 0. The smallest absolute Gasteiger partial charge is 0.307 e. The number of aliphatic carboxylic acids is 1. The van der Waals surface area contributed by atoms with Crippen molar-refractivity contribution >= 4 is 5.97 Å². The molecule has 0 spiro atoms. The molecule has 3 saturated carbocycles. The second kappa shape index (κ2) is 14.0. The number of allylic oxidation sites excluding steroid dienone is 2. The largest absolute Gasteiger partial charge is 0.481 e. The van der Waals surface area contributed by atoms with Gasteiger partial charge < -0.3 is 19.9 Å². The van der Waals surface area contributed by atoms with Crippen LogP contribution in [0, 0.1) is 56.7 Å². The molecule has 0 radical (unpaired) electrons. The standard InChI is InChI=1S/C42H75NO4/c1-14-21-41(43-12,22-15-2)27-47-35-32(46-13)26-42(17-4)31-20-23-40(11)34(36(44)45)38(9,29(7)28(5)6)24-25-39(40,10)30(31)18-19-33(42)37(35,8)16-3/h20,28-30,32-35,43H,14-19,21-27H2,1-13H3,(H,44,45)/t29-,30+,32-,33+,34-,35+,37?,38-,39-,40+,42-/m1/s1. The number of carbonyl (C=O) groups is 1. The minimum atomic E-state index is -0.580. The van der Waals surface area contributed by atoms with E-state index < -0.39 is 5.97 Å². The van der Waals surface area contributed by atoms with Gasteiger partial charge in [-0.3, -0.25) is 4.79 Å². The lowest BCUT2D eigenvalue weighted by molar-refractivity contribution is -0.224. The second-order valence-electron chi connectivity index (χ2n) is 18.3. The Bertz CT molecular complexity index is 1130. The molecule has 0 aromatic heterocycles. The summed E-state index contributed by atoms with van der Waals surface area (Å²) < 4.78 is 13.7. The topological polar surface area (TPSA) is 67.8 Å². The van der Waals surface area contributed by atoms with Crippen molar-refractivity contribution in [3.8, 4) is 0 Å². The first-order chi connectivity index (χ1) is 22.0. The number of rotatable bonds is 14. The average Bonchev–Trinajstić information content (AvgIpc) is 3.03. The summed E-state index contributed by atoms with van der Waals surface area (Å²) in [5.74, 6) is 0.815. The van der Waals surface area contributed by atoms with Gasteiger partial charge in [-0.2, -0.15) is 0 Å². The van der Waals surface area contributed by atoms with E-state index in [4.69, 9.17) is 9.47 Å². The third kappa shape index (κ3) is 5.81. The van der Waals surface area contributed by atoms with Crippen LogP contribution in [0.4, 0.5) is 0 Å². The Balaban J connectivity index is 1.78. The summed E-state index contributed by atoms with van der Waals surface area (Å²) in [4.78, 5) is 13.4. The van der Waals surface area contributed by atoms with E-state index in [9.17, 15) is 9.90 Å². The second-order valence-corrected chi connectivity index (χ2v) is 18.3. The summed E-state index contributed by atoms with van der Waals surface area (Å²) in [6.07, 6.45) is 15.7. The fourth-order valence-electron chi connectivity index (χ4n) is 13.0. The van der Waals surface area contributed by atoms with Crippen LogP contribution in [0.15, 0.2) is 11.6 Å². The van der Waals surface area contributed by atoms with Crippen molar-refractivity contribution in [2.24, 2.45) is 56.7 Å². The third-order valence-corrected chi connectivity index (χ3v) is 16.5. The molecule has 47 heavy (non-hydrogen) atoms.